The van der Waals surface area contributed by atoms with Gasteiger partial charge in [-0.2, -0.15) is 13.2 Å². The molecule has 5 heteroatoms. The van der Waals surface area contributed by atoms with Gasteiger partial charge in [0, 0.05) is 12.6 Å². The summed E-state index contributed by atoms with van der Waals surface area (Å²) in [6.45, 7) is 3.61. The lowest BCUT2D eigenvalue weighted by atomic mass is 9.87. The number of halogens is 3. The predicted octanol–water partition coefficient (Wildman–Crippen LogP) is 3.04. The fraction of sp³-hybridized carbons (Fsp3) is 1.00. The van der Waals surface area contributed by atoms with Gasteiger partial charge in [0.2, 0.25) is 0 Å². The average molecular weight is 278 g/mol. The van der Waals surface area contributed by atoms with E-state index >= 15 is 0 Å². The van der Waals surface area contributed by atoms with E-state index in [1.54, 1.807) is 0 Å². The Morgan fingerprint density at radius 3 is 2.42 bits per heavy atom. The summed E-state index contributed by atoms with van der Waals surface area (Å²) in [5.74, 6) is 1.23. The summed E-state index contributed by atoms with van der Waals surface area (Å²) < 4.78 is 36.9. The highest BCUT2D eigenvalue weighted by atomic mass is 19.4. The molecule has 2 aliphatic rings. The molecule has 1 unspecified atom stereocenters. The molecular formula is C14H25F3N2. The van der Waals surface area contributed by atoms with Crippen LogP contribution >= 0.6 is 0 Å². The molecule has 0 amide bonds. The second-order valence-electron chi connectivity index (χ2n) is 6.37. The Bertz CT molecular complexity index is 272. The highest BCUT2D eigenvalue weighted by Gasteiger charge is 2.34. The van der Waals surface area contributed by atoms with Crippen LogP contribution in [0.2, 0.25) is 0 Å². The quantitative estimate of drug-likeness (QED) is 0.850. The molecule has 1 saturated heterocycles. The summed E-state index contributed by atoms with van der Waals surface area (Å²) in [7, 11) is 0. The third kappa shape index (κ3) is 5.30. The zero-order valence-corrected chi connectivity index (χ0v) is 11.7. The molecule has 1 saturated carbocycles. The maximum Gasteiger partial charge on any atom is 0.401 e. The minimum atomic E-state index is -4.05. The summed E-state index contributed by atoms with van der Waals surface area (Å²) in [6.07, 6.45) is 1.85. The van der Waals surface area contributed by atoms with Crippen LogP contribution in [0.1, 0.15) is 39.0 Å². The van der Waals surface area contributed by atoms with E-state index in [0.29, 0.717) is 25.0 Å². The SMILES string of the molecule is CC1CCC(NCC2CCN(CC(F)(F)F)C2)CC1. The third-order valence-corrected chi connectivity index (χ3v) is 4.48. The van der Waals surface area contributed by atoms with Crippen molar-refractivity contribution in [2.24, 2.45) is 11.8 Å². The number of hydrogen-bond donors (Lipinski definition) is 1. The van der Waals surface area contributed by atoms with Crippen LogP contribution in [0.3, 0.4) is 0 Å². The topological polar surface area (TPSA) is 15.3 Å². The van der Waals surface area contributed by atoms with Gasteiger partial charge in [-0.25, -0.2) is 0 Å². The van der Waals surface area contributed by atoms with E-state index in [9.17, 15) is 13.2 Å². The van der Waals surface area contributed by atoms with Crippen molar-refractivity contribution in [1.82, 2.24) is 10.2 Å². The van der Waals surface area contributed by atoms with Crippen LogP contribution in [-0.4, -0.2) is 43.3 Å². The van der Waals surface area contributed by atoms with Crippen molar-refractivity contribution < 1.29 is 13.2 Å². The predicted molar refractivity (Wildman–Crippen MR) is 70.0 cm³/mol. The van der Waals surface area contributed by atoms with Crippen LogP contribution in [0.15, 0.2) is 0 Å². The molecule has 112 valence electrons. The summed E-state index contributed by atoms with van der Waals surface area (Å²) in [6, 6.07) is 0.591. The van der Waals surface area contributed by atoms with Crippen molar-refractivity contribution in [3.05, 3.63) is 0 Å². The Balaban J connectivity index is 1.62. The minimum absolute atomic E-state index is 0.390. The van der Waals surface area contributed by atoms with E-state index in [-0.39, 0.29) is 0 Å². The molecule has 0 aromatic heterocycles. The number of likely N-dealkylation sites (tertiary alicyclic amines) is 1. The zero-order chi connectivity index (χ0) is 13.9. The molecule has 0 aromatic carbocycles. The Hall–Kier alpha value is -0.290. The summed E-state index contributed by atoms with van der Waals surface area (Å²) >= 11 is 0. The van der Waals surface area contributed by atoms with Gasteiger partial charge in [-0.1, -0.05) is 6.92 Å². The summed E-state index contributed by atoms with van der Waals surface area (Å²) in [4.78, 5) is 1.54. The molecule has 1 atom stereocenters. The number of alkyl halides is 3. The number of rotatable bonds is 4. The molecule has 0 radical (unpaired) electrons. The van der Waals surface area contributed by atoms with Crippen molar-refractivity contribution in [3.8, 4) is 0 Å². The lowest BCUT2D eigenvalue weighted by Crippen LogP contribution is -2.37. The van der Waals surface area contributed by atoms with Crippen molar-refractivity contribution in [2.45, 2.75) is 51.2 Å². The first-order valence-electron chi connectivity index (χ1n) is 7.45. The Kier molecular flexibility index (Phi) is 5.12. The van der Waals surface area contributed by atoms with Gasteiger partial charge in [0.1, 0.15) is 0 Å². The molecule has 2 nitrogen and oxygen atoms in total. The van der Waals surface area contributed by atoms with E-state index < -0.39 is 12.7 Å². The van der Waals surface area contributed by atoms with E-state index in [2.05, 4.69) is 12.2 Å². The number of hydrogen-bond acceptors (Lipinski definition) is 2. The van der Waals surface area contributed by atoms with Gasteiger partial charge in [-0.15, -0.1) is 0 Å². The highest BCUT2D eigenvalue weighted by molar-refractivity contribution is 4.81. The zero-order valence-electron chi connectivity index (χ0n) is 11.7. The second-order valence-corrected chi connectivity index (χ2v) is 6.37. The molecule has 1 aliphatic heterocycles. The normalized spacial score (nSPS) is 33.8. The Labute approximate surface area is 113 Å². The van der Waals surface area contributed by atoms with Crippen LogP contribution in [0.4, 0.5) is 13.2 Å². The summed E-state index contributed by atoms with van der Waals surface area (Å²) in [5, 5.41) is 3.56. The van der Waals surface area contributed by atoms with Gasteiger partial charge in [-0.3, -0.25) is 4.90 Å². The van der Waals surface area contributed by atoms with Gasteiger partial charge in [0.05, 0.1) is 6.54 Å². The van der Waals surface area contributed by atoms with E-state index in [0.717, 1.165) is 18.9 Å². The number of nitrogens with zero attached hydrogens (tertiary/aromatic N) is 1. The maximum absolute atomic E-state index is 12.3. The smallest absolute Gasteiger partial charge is 0.314 e. The van der Waals surface area contributed by atoms with E-state index in [1.807, 2.05) is 0 Å². The van der Waals surface area contributed by atoms with Crippen LogP contribution in [-0.2, 0) is 0 Å². The molecular weight excluding hydrogens is 253 g/mol. The fourth-order valence-electron chi connectivity index (χ4n) is 3.27. The van der Waals surface area contributed by atoms with Crippen molar-refractivity contribution in [3.63, 3.8) is 0 Å². The standard InChI is InChI=1S/C14H25F3N2/c1-11-2-4-13(5-3-11)18-8-12-6-7-19(9-12)10-14(15,16)17/h11-13,18H,2-10H2,1H3. The molecule has 2 rings (SSSR count). The van der Waals surface area contributed by atoms with Gasteiger partial charge in [-0.05, 0) is 57.0 Å². The van der Waals surface area contributed by atoms with Gasteiger partial charge in [0.25, 0.3) is 0 Å². The minimum Gasteiger partial charge on any atom is -0.314 e. The van der Waals surface area contributed by atoms with Crippen LogP contribution in [0, 0.1) is 11.8 Å². The first-order chi connectivity index (χ1) is 8.92. The monoisotopic (exact) mass is 278 g/mol. The first kappa shape index (κ1) is 15.1. The van der Waals surface area contributed by atoms with Gasteiger partial charge in [0.15, 0.2) is 0 Å². The molecule has 0 aromatic rings. The largest absolute Gasteiger partial charge is 0.401 e. The Morgan fingerprint density at radius 1 is 1.11 bits per heavy atom. The van der Waals surface area contributed by atoms with Crippen LogP contribution in [0.25, 0.3) is 0 Å². The van der Waals surface area contributed by atoms with Crippen molar-refractivity contribution in [2.75, 3.05) is 26.2 Å². The van der Waals surface area contributed by atoms with Gasteiger partial charge < -0.3 is 5.32 Å². The van der Waals surface area contributed by atoms with E-state index in [1.165, 1.54) is 30.6 Å². The first-order valence-corrected chi connectivity index (χ1v) is 7.45. The number of nitrogens with one attached hydrogen (secondary N) is 1. The lowest BCUT2D eigenvalue weighted by Gasteiger charge is -2.28. The van der Waals surface area contributed by atoms with Crippen LogP contribution in [0.5, 0.6) is 0 Å². The summed E-state index contributed by atoms with van der Waals surface area (Å²) in [5.41, 5.74) is 0. The highest BCUT2D eigenvalue weighted by Crippen LogP contribution is 2.25. The molecule has 1 heterocycles. The van der Waals surface area contributed by atoms with Crippen LogP contribution < -0.4 is 5.32 Å². The molecule has 0 bridgehead atoms. The van der Waals surface area contributed by atoms with Crippen molar-refractivity contribution >= 4 is 0 Å². The molecule has 19 heavy (non-hydrogen) atoms. The molecule has 0 spiro atoms. The molecule has 1 aliphatic carbocycles. The second kappa shape index (κ2) is 6.44. The molecule has 2 fully saturated rings. The Morgan fingerprint density at radius 2 is 1.79 bits per heavy atom. The van der Waals surface area contributed by atoms with Gasteiger partial charge >= 0.3 is 6.18 Å². The maximum atomic E-state index is 12.3. The lowest BCUT2D eigenvalue weighted by molar-refractivity contribution is -0.143. The molecule has 1 N–H and O–H groups in total. The fourth-order valence-corrected chi connectivity index (χ4v) is 3.27. The van der Waals surface area contributed by atoms with Crippen molar-refractivity contribution in [1.29, 1.82) is 0 Å². The average Bonchev–Trinajstić information content (AvgIpc) is 2.73. The van der Waals surface area contributed by atoms with E-state index in [4.69, 9.17) is 0 Å². The third-order valence-electron chi connectivity index (χ3n) is 4.48.